The zero-order chi connectivity index (χ0) is 16.6. The van der Waals surface area contributed by atoms with Gasteiger partial charge in [0.25, 0.3) is 0 Å². The molecule has 1 N–H and O–H groups in total. The first-order valence-corrected chi connectivity index (χ1v) is 6.95. The van der Waals surface area contributed by atoms with Gasteiger partial charge in [-0.15, -0.1) is 0 Å². The summed E-state index contributed by atoms with van der Waals surface area (Å²) in [4.78, 5) is 16.4. The lowest BCUT2D eigenvalue weighted by Crippen LogP contribution is -2.50. The largest absolute Gasteiger partial charge is 0.481 e. The fraction of sp³-hybridized carbons (Fsp3) is 0.250. The highest BCUT2D eigenvalue weighted by molar-refractivity contribution is 5.76. The van der Waals surface area contributed by atoms with Crippen LogP contribution in [-0.4, -0.2) is 29.1 Å². The van der Waals surface area contributed by atoms with Crippen LogP contribution in [0.2, 0.25) is 0 Å². The van der Waals surface area contributed by atoms with E-state index in [4.69, 9.17) is 5.11 Å². The Morgan fingerprint density at radius 2 is 1.91 bits per heavy atom. The number of anilines is 1. The molecule has 1 saturated heterocycles. The number of aliphatic carboxylic acids is 1. The summed E-state index contributed by atoms with van der Waals surface area (Å²) in [5.41, 5.74) is 0.976. The fourth-order valence-corrected chi connectivity index (χ4v) is 2.48. The van der Waals surface area contributed by atoms with Crippen molar-refractivity contribution in [3.05, 3.63) is 48.3 Å². The zero-order valence-electron chi connectivity index (χ0n) is 11.9. The summed E-state index contributed by atoms with van der Waals surface area (Å²) in [5.74, 6) is -1.23. The Morgan fingerprint density at radius 3 is 2.57 bits per heavy atom. The third-order valence-corrected chi connectivity index (χ3v) is 3.84. The third kappa shape index (κ3) is 3.13. The van der Waals surface area contributed by atoms with E-state index in [0.717, 1.165) is 18.0 Å². The predicted octanol–water partition coefficient (Wildman–Crippen LogP) is 3.29. The van der Waals surface area contributed by atoms with Crippen molar-refractivity contribution >= 4 is 11.7 Å². The first-order valence-electron chi connectivity index (χ1n) is 6.95. The first kappa shape index (κ1) is 15.3. The van der Waals surface area contributed by atoms with Crippen LogP contribution in [0, 0.1) is 5.92 Å². The van der Waals surface area contributed by atoms with Gasteiger partial charge in [0.05, 0.1) is 11.5 Å². The molecule has 0 radical (unpaired) electrons. The van der Waals surface area contributed by atoms with Gasteiger partial charge in [0.2, 0.25) is 0 Å². The number of hydrogen-bond acceptors (Lipinski definition) is 3. The molecular formula is C16H13F3N2O2. The highest BCUT2D eigenvalue weighted by Gasteiger charge is 2.33. The molecule has 0 bridgehead atoms. The van der Waals surface area contributed by atoms with E-state index in [2.05, 4.69) is 4.98 Å². The molecule has 1 aliphatic heterocycles. The second-order valence-corrected chi connectivity index (χ2v) is 5.45. The quantitative estimate of drug-likeness (QED) is 0.942. The lowest BCUT2D eigenvalue weighted by atomic mass is 9.98. The van der Waals surface area contributed by atoms with Gasteiger partial charge in [-0.2, -0.15) is 13.2 Å². The summed E-state index contributed by atoms with van der Waals surface area (Å²) < 4.78 is 38.3. The van der Waals surface area contributed by atoms with Crippen molar-refractivity contribution in [3.8, 4) is 11.1 Å². The van der Waals surface area contributed by atoms with Crippen LogP contribution in [0.25, 0.3) is 11.1 Å². The summed E-state index contributed by atoms with van der Waals surface area (Å²) in [7, 11) is 0. The number of rotatable bonds is 3. The highest BCUT2D eigenvalue weighted by atomic mass is 19.4. The average molecular weight is 322 g/mol. The number of halogens is 3. The Morgan fingerprint density at radius 1 is 1.17 bits per heavy atom. The van der Waals surface area contributed by atoms with Gasteiger partial charge in [0.15, 0.2) is 0 Å². The number of pyridine rings is 1. The minimum absolute atomic E-state index is 0.372. The lowest BCUT2D eigenvalue weighted by molar-refractivity contribution is -0.142. The molecule has 23 heavy (non-hydrogen) atoms. The Labute approximate surface area is 130 Å². The van der Waals surface area contributed by atoms with Gasteiger partial charge in [-0.1, -0.05) is 12.1 Å². The van der Waals surface area contributed by atoms with Crippen LogP contribution >= 0.6 is 0 Å². The van der Waals surface area contributed by atoms with Crippen LogP contribution in [-0.2, 0) is 11.0 Å². The van der Waals surface area contributed by atoms with Gasteiger partial charge in [0, 0.05) is 36.7 Å². The summed E-state index contributed by atoms with van der Waals surface area (Å²) in [6.45, 7) is 0.805. The predicted molar refractivity (Wildman–Crippen MR) is 78.0 cm³/mol. The maximum Gasteiger partial charge on any atom is 0.417 e. The number of carboxylic acid groups (broad SMARTS) is 1. The standard InChI is InChI=1S/C16H13F3N2O2/c17-16(18,19)13-4-11(6-20-7-13)10-2-1-3-14(5-10)21-8-12(9-21)15(22)23/h1-7,12H,8-9H2,(H,22,23). The van der Waals surface area contributed by atoms with Crippen LogP contribution in [0.1, 0.15) is 5.56 Å². The SMILES string of the molecule is O=C(O)C1CN(c2cccc(-c3cncc(C(F)(F)F)c3)c2)C1. The van der Waals surface area contributed by atoms with E-state index in [1.54, 1.807) is 18.2 Å². The van der Waals surface area contributed by atoms with E-state index in [9.17, 15) is 18.0 Å². The van der Waals surface area contributed by atoms with Crippen LogP contribution in [0.5, 0.6) is 0 Å². The number of carbonyl (C=O) groups is 1. The summed E-state index contributed by atoms with van der Waals surface area (Å²) in [5, 5.41) is 8.90. The molecule has 2 aromatic rings. The van der Waals surface area contributed by atoms with Crippen molar-refractivity contribution in [2.24, 2.45) is 5.92 Å². The molecule has 0 amide bonds. The van der Waals surface area contributed by atoms with Gasteiger partial charge < -0.3 is 10.0 Å². The number of benzene rings is 1. The number of nitrogens with zero attached hydrogens (tertiary/aromatic N) is 2. The van der Waals surface area contributed by atoms with Gasteiger partial charge in [0.1, 0.15) is 0 Å². The molecule has 7 heteroatoms. The van der Waals surface area contributed by atoms with Crippen molar-refractivity contribution in [3.63, 3.8) is 0 Å². The van der Waals surface area contributed by atoms with Crippen molar-refractivity contribution in [1.29, 1.82) is 0 Å². The van der Waals surface area contributed by atoms with Gasteiger partial charge >= 0.3 is 12.1 Å². The molecule has 3 rings (SSSR count). The summed E-state index contributed by atoms with van der Waals surface area (Å²) in [6, 6.07) is 8.05. The number of aromatic nitrogens is 1. The van der Waals surface area contributed by atoms with Gasteiger partial charge in [-0.25, -0.2) is 0 Å². The Hall–Kier alpha value is -2.57. The molecule has 0 unspecified atom stereocenters. The highest BCUT2D eigenvalue weighted by Crippen LogP contribution is 2.33. The van der Waals surface area contributed by atoms with E-state index >= 15 is 0 Å². The summed E-state index contributed by atoms with van der Waals surface area (Å²) in [6.07, 6.45) is -2.27. The molecular weight excluding hydrogens is 309 g/mol. The van der Waals surface area contributed by atoms with Crippen LogP contribution in [0.4, 0.5) is 18.9 Å². The van der Waals surface area contributed by atoms with Crippen LogP contribution in [0.15, 0.2) is 42.7 Å². The topological polar surface area (TPSA) is 53.4 Å². The molecule has 1 aromatic heterocycles. The Balaban J connectivity index is 1.85. The minimum atomic E-state index is -4.44. The van der Waals surface area contributed by atoms with Gasteiger partial charge in [-0.05, 0) is 23.8 Å². The summed E-state index contributed by atoms with van der Waals surface area (Å²) >= 11 is 0. The molecule has 0 saturated carbocycles. The van der Waals surface area contributed by atoms with E-state index in [1.165, 1.54) is 6.20 Å². The number of carboxylic acids is 1. The lowest BCUT2D eigenvalue weighted by Gasteiger charge is -2.38. The number of hydrogen-bond donors (Lipinski definition) is 1. The van der Waals surface area contributed by atoms with E-state index in [-0.39, 0.29) is 0 Å². The smallest absolute Gasteiger partial charge is 0.417 e. The molecule has 120 valence electrons. The molecule has 0 aliphatic carbocycles. The van der Waals surface area contributed by atoms with Crippen molar-refractivity contribution in [2.45, 2.75) is 6.18 Å². The molecule has 1 aromatic carbocycles. The van der Waals surface area contributed by atoms with Crippen LogP contribution in [0.3, 0.4) is 0 Å². The molecule has 1 fully saturated rings. The van der Waals surface area contributed by atoms with Crippen molar-refractivity contribution in [1.82, 2.24) is 4.98 Å². The Kier molecular flexibility index (Phi) is 3.71. The second kappa shape index (κ2) is 5.57. The molecule has 0 atom stereocenters. The van der Waals surface area contributed by atoms with E-state index in [0.29, 0.717) is 24.2 Å². The fourth-order valence-electron chi connectivity index (χ4n) is 2.48. The van der Waals surface area contributed by atoms with E-state index < -0.39 is 23.6 Å². The molecule has 4 nitrogen and oxygen atoms in total. The second-order valence-electron chi connectivity index (χ2n) is 5.45. The van der Waals surface area contributed by atoms with Crippen molar-refractivity contribution < 1.29 is 23.1 Å². The van der Waals surface area contributed by atoms with Crippen LogP contribution < -0.4 is 4.90 Å². The molecule has 1 aliphatic rings. The normalized spacial score (nSPS) is 15.3. The van der Waals surface area contributed by atoms with Gasteiger partial charge in [-0.3, -0.25) is 9.78 Å². The first-order chi connectivity index (χ1) is 10.8. The molecule has 0 spiro atoms. The maximum atomic E-state index is 12.8. The Bertz CT molecular complexity index is 740. The third-order valence-electron chi connectivity index (χ3n) is 3.84. The zero-order valence-corrected chi connectivity index (χ0v) is 11.9. The monoisotopic (exact) mass is 322 g/mol. The van der Waals surface area contributed by atoms with E-state index in [1.807, 2.05) is 11.0 Å². The van der Waals surface area contributed by atoms with Crippen molar-refractivity contribution in [2.75, 3.05) is 18.0 Å². The average Bonchev–Trinajstić information content (AvgIpc) is 2.45. The minimum Gasteiger partial charge on any atom is -0.481 e. The molecule has 2 heterocycles. The maximum absolute atomic E-state index is 12.8. The number of alkyl halides is 3.